The fourth-order valence-electron chi connectivity index (χ4n) is 1.99. The Morgan fingerprint density at radius 1 is 1.57 bits per heavy atom. The van der Waals surface area contributed by atoms with Crippen LogP contribution in [0.5, 0.6) is 0 Å². The third kappa shape index (κ3) is 1.99. The molecule has 3 nitrogen and oxygen atoms in total. The van der Waals surface area contributed by atoms with Crippen LogP contribution < -0.4 is 5.73 Å². The largest absolute Gasteiger partial charge is 0.472 e. The summed E-state index contributed by atoms with van der Waals surface area (Å²) in [5, 5.41) is 0. The molecule has 1 aliphatic rings. The summed E-state index contributed by atoms with van der Waals surface area (Å²) in [5.41, 5.74) is 8.33. The summed E-state index contributed by atoms with van der Waals surface area (Å²) in [6.07, 6.45) is 7.05. The highest BCUT2D eigenvalue weighted by atomic mass is 16.5. The van der Waals surface area contributed by atoms with Crippen LogP contribution in [0, 0.1) is 6.92 Å². The summed E-state index contributed by atoms with van der Waals surface area (Å²) < 4.78 is 10.7. The molecule has 2 N–H and O–H groups in total. The molecule has 1 aliphatic heterocycles. The van der Waals surface area contributed by atoms with Crippen molar-refractivity contribution in [2.45, 2.75) is 38.3 Å². The molecular weight excluding hydrogens is 178 g/mol. The molecule has 14 heavy (non-hydrogen) atoms. The Morgan fingerprint density at radius 2 is 2.43 bits per heavy atom. The molecule has 0 saturated carbocycles. The van der Waals surface area contributed by atoms with Crippen LogP contribution in [0.25, 0.3) is 0 Å². The van der Waals surface area contributed by atoms with Crippen molar-refractivity contribution in [1.82, 2.24) is 0 Å². The topological polar surface area (TPSA) is 48.4 Å². The average Bonchev–Trinajstić information content (AvgIpc) is 2.75. The third-order valence-electron chi connectivity index (χ3n) is 2.84. The Balaban J connectivity index is 1.95. The molecule has 1 aromatic rings. The SMILES string of the molecule is Cc1cocc1C(N)CC1CCCO1. The molecule has 0 aromatic carbocycles. The van der Waals surface area contributed by atoms with E-state index in [-0.39, 0.29) is 6.04 Å². The normalized spacial score (nSPS) is 24.0. The van der Waals surface area contributed by atoms with Crippen molar-refractivity contribution < 1.29 is 9.15 Å². The molecule has 0 aliphatic carbocycles. The van der Waals surface area contributed by atoms with Crippen molar-refractivity contribution in [3.05, 3.63) is 23.7 Å². The van der Waals surface area contributed by atoms with Crippen molar-refractivity contribution in [1.29, 1.82) is 0 Å². The zero-order valence-electron chi connectivity index (χ0n) is 8.53. The number of furan rings is 1. The lowest BCUT2D eigenvalue weighted by Crippen LogP contribution is -2.18. The van der Waals surface area contributed by atoms with Crippen molar-refractivity contribution in [3.63, 3.8) is 0 Å². The lowest BCUT2D eigenvalue weighted by atomic mass is 10.00. The van der Waals surface area contributed by atoms with E-state index in [2.05, 4.69) is 0 Å². The standard InChI is InChI=1S/C11H17NO2/c1-8-6-13-7-10(8)11(12)5-9-3-2-4-14-9/h6-7,9,11H,2-5,12H2,1H3. The van der Waals surface area contributed by atoms with Gasteiger partial charge in [-0.3, -0.25) is 0 Å². The van der Waals surface area contributed by atoms with Gasteiger partial charge in [-0.05, 0) is 31.7 Å². The van der Waals surface area contributed by atoms with Gasteiger partial charge in [-0.2, -0.15) is 0 Å². The maximum atomic E-state index is 6.08. The van der Waals surface area contributed by atoms with Gasteiger partial charge in [0.05, 0.1) is 18.6 Å². The molecule has 78 valence electrons. The second kappa shape index (κ2) is 4.15. The maximum absolute atomic E-state index is 6.08. The van der Waals surface area contributed by atoms with Crippen LogP contribution in [0.1, 0.15) is 36.4 Å². The van der Waals surface area contributed by atoms with Gasteiger partial charge in [0.25, 0.3) is 0 Å². The second-order valence-electron chi connectivity index (χ2n) is 3.99. The number of nitrogens with two attached hydrogens (primary N) is 1. The first-order valence-electron chi connectivity index (χ1n) is 5.17. The third-order valence-corrected chi connectivity index (χ3v) is 2.84. The molecule has 2 unspecified atom stereocenters. The van der Waals surface area contributed by atoms with Crippen molar-refractivity contribution in [3.8, 4) is 0 Å². The lowest BCUT2D eigenvalue weighted by Gasteiger charge is -2.15. The molecule has 0 radical (unpaired) electrons. The minimum absolute atomic E-state index is 0.0526. The predicted octanol–water partition coefficient (Wildman–Crippen LogP) is 2.16. The van der Waals surface area contributed by atoms with E-state index in [1.807, 2.05) is 6.92 Å². The summed E-state index contributed by atoms with van der Waals surface area (Å²) in [4.78, 5) is 0. The van der Waals surface area contributed by atoms with E-state index < -0.39 is 0 Å². The van der Waals surface area contributed by atoms with Gasteiger partial charge < -0.3 is 14.9 Å². The van der Waals surface area contributed by atoms with Crippen LogP contribution in [0.4, 0.5) is 0 Å². The molecule has 0 amide bonds. The minimum atomic E-state index is 0.0526. The van der Waals surface area contributed by atoms with E-state index in [0.717, 1.165) is 30.6 Å². The smallest absolute Gasteiger partial charge is 0.0953 e. The van der Waals surface area contributed by atoms with Crippen LogP contribution in [0.3, 0.4) is 0 Å². The molecule has 2 rings (SSSR count). The first-order valence-corrected chi connectivity index (χ1v) is 5.17. The number of ether oxygens (including phenoxy) is 1. The highest BCUT2D eigenvalue weighted by Crippen LogP contribution is 2.25. The second-order valence-corrected chi connectivity index (χ2v) is 3.99. The molecular formula is C11H17NO2. The fraction of sp³-hybridized carbons (Fsp3) is 0.636. The van der Waals surface area contributed by atoms with Crippen molar-refractivity contribution >= 4 is 0 Å². The van der Waals surface area contributed by atoms with Gasteiger partial charge in [0.1, 0.15) is 0 Å². The predicted molar refractivity (Wildman–Crippen MR) is 54.0 cm³/mol. The molecule has 2 heterocycles. The molecule has 0 bridgehead atoms. The van der Waals surface area contributed by atoms with Crippen LogP contribution >= 0.6 is 0 Å². The van der Waals surface area contributed by atoms with E-state index in [0.29, 0.717) is 6.10 Å². The summed E-state index contributed by atoms with van der Waals surface area (Å²) >= 11 is 0. The molecule has 0 spiro atoms. The van der Waals surface area contributed by atoms with Gasteiger partial charge in [0, 0.05) is 18.2 Å². The summed E-state index contributed by atoms with van der Waals surface area (Å²) in [6.45, 7) is 2.91. The van der Waals surface area contributed by atoms with E-state index in [1.165, 1.54) is 6.42 Å². The number of aryl methyl sites for hydroxylation is 1. The van der Waals surface area contributed by atoms with Gasteiger partial charge in [-0.15, -0.1) is 0 Å². The zero-order chi connectivity index (χ0) is 9.97. The summed E-state index contributed by atoms with van der Waals surface area (Å²) in [6, 6.07) is 0.0526. The minimum Gasteiger partial charge on any atom is -0.472 e. The Kier molecular flexibility index (Phi) is 2.89. The van der Waals surface area contributed by atoms with Crippen LogP contribution in [0.15, 0.2) is 16.9 Å². The highest BCUT2D eigenvalue weighted by Gasteiger charge is 2.21. The number of hydrogen-bond acceptors (Lipinski definition) is 3. The van der Waals surface area contributed by atoms with Crippen LogP contribution in [-0.4, -0.2) is 12.7 Å². The van der Waals surface area contributed by atoms with E-state index >= 15 is 0 Å². The fourth-order valence-corrected chi connectivity index (χ4v) is 1.99. The quantitative estimate of drug-likeness (QED) is 0.804. The molecule has 1 aromatic heterocycles. The monoisotopic (exact) mass is 195 g/mol. The summed E-state index contributed by atoms with van der Waals surface area (Å²) in [7, 11) is 0. The number of rotatable bonds is 3. The van der Waals surface area contributed by atoms with Crippen molar-refractivity contribution in [2.24, 2.45) is 5.73 Å². The van der Waals surface area contributed by atoms with Crippen LogP contribution in [-0.2, 0) is 4.74 Å². The Labute approximate surface area is 84.2 Å². The Bertz CT molecular complexity index is 289. The van der Waals surface area contributed by atoms with E-state index in [9.17, 15) is 0 Å². The van der Waals surface area contributed by atoms with Gasteiger partial charge in [0.15, 0.2) is 0 Å². The Hall–Kier alpha value is -0.800. The molecule has 3 heteroatoms. The Morgan fingerprint density at radius 3 is 3.00 bits per heavy atom. The molecule has 1 fully saturated rings. The maximum Gasteiger partial charge on any atom is 0.0953 e. The van der Waals surface area contributed by atoms with Crippen molar-refractivity contribution in [2.75, 3.05) is 6.61 Å². The van der Waals surface area contributed by atoms with E-state index in [1.54, 1.807) is 12.5 Å². The van der Waals surface area contributed by atoms with Gasteiger partial charge in [-0.25, -0.2) is 0 Å². The zero-order valence-corrected chi connectivity index (χ0v) is 8.53. The van der Waals surface area contributed by atoms with Crippen LogP contribution in [0.2, 0.25) is 0 Å². The highest BCUT2D eigenvalue weighted by molar-refractivity contribution is 5.22. The number of hydrogen-bond donors (Lipinski definition) is 1. The van der Waals surface area contributed by atoms with E-state index in [4.69, 9.17) is 14.9 Å². The molecule has 2 atom stereocenters. The molecule has 1 saturated heterocycles. The average molecular weight is 195 g/mol. The first kappa shape index (κ1) is 9.74. The van der Waals surface area contributed by atoms with Gasteiger partial charge >= 0.3 is 0 Å². The van der Waals surface area contributed by atoms with Gasteiger partial charge in [0.2, 0.25) is 0 Å². The lowest BCUT2D eigenvalue weighted by molar-refractivity contribution is 0.0982. The van der Waals surface area contributed by atoms with Gasteiger partial charge in [-0.1, -0.05) is 0 Å². The summed E-state index contributed by atoms with van der Waals surface area (Å²) in [5.74, 6) is 0. The first-order chi connectivity index (χ1) is 6.77.